The van der Waals surface area contributed by atoms with Crippen LogP contribution >= 0.6 is 0 Å². The van der Waals surface area contributed by atoms with Gasteiger partial charge in [-0.05, 0) is 39.2 Å². The molecule has 1 saturated heterocycles. The average molecular weight is 278 g/mol. The van der Waals surface area contributed by atoms with Crippen LogP contribution in [0.1, 0.15) is 45.4 Å². The van der Waals surface area contributed by atoms with Crippen molar-refractivity contribution in [2.24, 2.45) is 5.92 Å². The van der Waals surface area contributed by atoms with E-state index in [2.05, 4.69) is 10.6 Å². The standard InChI is InChI=1S/C13H21F3N2O/c1-12(7-4-8-17-12)11(19)18-10-6-3-2-5-9(10)13(14,15)16/h9-10,17H,2-8H2,1H3,(H,18,19). The predicted molar refractivity (Wildman–Crippen MR) is 65.6 cm³/mol. The minimum absolute atomic E-state index is 0.124. The fourth-order valence-electron chi connectivity index (χ4n) is 3.11. The van der Waals surface area contributed by atoms with E-state index in [1.54, 1.807) is 6.92 Å². The van der Waals surface area contributed by atoms with Gasteiger partial charge in [0.25, 0.3) is 0 Å². The Morgan fingerprint density at radius 2 is 1.95 bits per heavy atom. The van der Waals surface area contributed by atoms with E-state index < -0.39 is 23.7 Å². The molecule has 3 atom stereocenters. The molecule has 3 unspecified atom stereocenters. The van der Waals surface area contributed by atoms with Crippen molar-refractivity contribution in [1.29, 1.82) is 0 Å². The van der Waals surface area contributed by atoms with Crippen LogP contribution in [0.2, 0.25) is 0 Å². The molecule has 3 nitrogen and oxygen atoms in total. The number of rotatable bonds is 2. The highest BCUT2D eigenvalue weighted by Crippen LogP contribution is 2.38. The molecular weight excluding hydrogens is 257 g/mol. The molecule has 2 rings (SSSR count). The third kappa shape index (κ3) is 3.22. The Bertz CT molecular complexity index is 337. The number of carbonyl (C=O) groups is 1. The molecular formula is C13H21F3N2O. The van der Waals surface area contributed by atoms with E-state index in [0.29, 0.717) is 19.3 Å². The normalized spacial score (nSPS) is 36.2. The van der Waals surface area contributed by atoms with E-state index in [0.717, 1.165) is 19.4 Å². The Balaban J connectivity index is 2.01. The van der Waals surface area contributed by atoms with Crippen molar-refractivity contribution in [3.8, 4) is 0 Å². The van der Waals surface area contributed by atoms with Gasteiger partial charge < -0.3 is 10.6 Å². The molecule has 0 aromatic carbocycles. The molecule has 2 fully saturated rings. The van der Waals surface area contributed by atoms with Gasteiger partial charge in [0, 0.05) is 6.04 Å². The van der Waals surface area contributed by atoms with E-state index in [1.807, 2.05) is 0 Å². The van der Waals surface area contributed by atoms with E-state index in [-0.39, 0.29) is 12.3 Å². The minimum atomic E-state index is -4.22. The average Bonchev–Trinajstić information content (AvgIpc) is 2.77. The number of halogens is 3. The summed E-state index contributed by atoms with van der Waals surface area (Å²) in [6, 6.07) is -0.763. The number of hydrogen-bond acceptors (Lipinski definition) is 2. The topological polar surface area (TPSA) is 41.1 Å². The number of nitrogens with one attached hydrogen (secondary N) is 2. The van der Waals surface area contributed by atoms with Crippen LogP contribution in [0.5, 0.6) is 0 Å². The molecule has 1 aliphatic heterocycles. The van der Waals surface area contributed by atoms with Crippen molar-refractivity contribution in [3.63, 3.8) is 0 Å². The van der Waals surface area contributed by atoms with Crippen LogP contribution in [-0.4, -0.2) is 30.2 Å². The van der Waals surface area contributed by atoms with Crippen LogP contribution in [0.3, 0.4) is 0 Å². The molecule has 1 heterocycles. The monoisotopic (exact) mass is 278 g/mol. The largest absolute Gasteiger partial charge is 0.393 e. The SMILES string of the molecule is CC1(C(=O)NC2CCCCC2C(F)(F)F)CCCN1. The predicted octanol–water partition coefficient (Wildman–Crippen LogP) is 2.37. The molecule has 1 amide bonds. The second-order valence-electron chi connectivity index (χ2n) is 5.87. The van der Waals surface area contributed by atoms with Crippen LogP contribution in [0, 0.1) is 5.92 Å². The Labute approximate surface area is 111 Å². The summed E-state index contributed by atoms with van der Waals surface area (Å²) in [5.74, 6) is -1.68. The van der Waals surface area contributed by atoms with Crippen LogP contribution in [0.25, 0.3) is 0 Å². The Morgan fingerprint density at radius 3 is 2.53 bits per heavy atom. The van der Waals surface area contributed by atoms with Gasteiger partial charge in [0.1, 0.15) is 0 Å². The van der Waals surface area contributed by atoms with Crippen LogP contribution < -0.4 is 10.6 Å². The zero-order valence-corrected chi connectivity index (χ0v) is 11.1. The lowest BCUT2D eigenvalue weighted by molar-refractivity contribution is -0.189. The zero-order chi connectivity index (χ0) is 14.1. The van der Waals surface area contributed by atoms with Crippen LogP contribution in [-0.2, 0) is 4.79 Å². The van der Waals surface area contributed by atoms with Crippen LogP contribution in [0.4, 0.5) is 13.2 Å². The minimum Gasteiger partial charge on any atom is -0.351 e. The lowest BCUT2D eigenvalue weighted by Gasteiger charge is -2.35. The third-order valence-electron chi connectivity index (χ3n) is 4.37. The van der Waals surface area contributed by atoms with Crippen LogP contribution in [0.15, 0.2) is 0 Å². The maximum absolute atomic E-state index is 12.9. The maximum atomic E-state index is 12.9. The van der Waals surface area contributed by atoms with Crippen molar-refractivity contribution >= 4 is 5.91 Å². The fraction of sp³-hybridized carbons (Fsp3) is 0.923. The van der Waals surface area contributed by atoms with Gasteiger partial charge in [-0.3, -0.25) is 4.79 Å². The smallest absolute Gasteiger partial charge is 0.351 e. The summed E-state index contributed by atoms with van der Waals surface area (Å²) in [5.41, 5.74) is -0.701. The van der Waals surface area contributed by atoms with Gasteiger partial charge in [-0.1, -0.05) is 12.8 Å². The van der Waals surface area contributed by atoms with Crippen molar-refractivity contribution in [2.75, 3.05) is 6.54 Å². The van der Waals surface area contributed by atoms with Crippen molar-refractivity contribution in [3.05, 3.63) is 0 Å². The molecule has 1 saturated carbocycles. The number of carbonyl (C=O) groups excluding carboxylic acids is 1. The second kappa shape index (κ2) is 5.31. The first-order valence-corrected chi connectivity index (χ1v) is 6.96. The summed E-state index contributed by atoms with van der Waals surface area (Å²) in [6.45, 7) is 2.51. The highest BCUT2D eigenvalue weighted by molar-refractivity contribution is 5.86. The molecule has 0 spiro atoms. The molecule has 2 N–H and O–H groups in total. The lowest BCUT2D eigenvalue weighted by atomic mass is 9.83. The van der Waals surface area contributed by atoms with Gasteiger partial charge in [0.05, 0.1) is 11.5 Å². The zero-order valence-electron chi connectivity index (χ0n) is 11.1. The first-order chi connectivity index (χ1) is 8.83. The quantitative estimate of drug-likeness (QED) is 0.814. The van der Waals surface area contributed by atoms with Gasteiger partial charge in [-0.25, -0.2) is 0 Å². The van der Waals surface area contributed by atoms with E-state index in [9.17, 15) is 18.0 Å². The first-order valence-electron chi connectivity index (χ1n) is 6.96. The summed E-state index contributed by atoms with van der Waals surface area (Å²) >= 11 is 0. The number of hydrogen-bond donors (Lipinski definition) is 2. The fourth-order valence-corrected chi connectivity index (χ4v) is 3.11. The molecule has 0 radical (unpaired) electrons. The molecule has 6 heteroatoms. The first kappa shape index (κ1) is 14.6. The highest BCUT2D eigenvalue weighted by atomic mass is 19.4. The van der Waals surface area contributed by atoms with Gasteiger partial charge in [-0.15, -0.1) is 0 Å². The van der Waals surface area contributed by atoms with Gasteiger partial charge in [0.2, 0.25) is 5.91 Å². The van der Waals surface area contributed by atoms with Crippen molar-refractivity contribution in [1.82, 2.24) is 10.6 Å². The highest BCUT2D eigenvalue weighted by Gasteiger charge is 2.47. The lowest BCUT2D eigenvalue weighted by Crippen LogP contribution is -2.57. The molecule has 0 aromatic rings. The summed E-state index contributed by atoms with van der Waals surface area (Å²) in [4.78, 5) is 12.2. The van der Waals surface area contributed by atoms with E-state index >= 15 is 0 Å². The summed E-state index contributed by atoms with van der Waals surface area (Å²) in [5, 5.41) is 5.72. The maximum Gasteiger partial charge on any atom is 0.393 e. The number of alkyl halides is 3. The molecule has 0 aromatic heterocycles. The molecule has 1 aliphatic carbocycles. The molecule has 110 valence electrons. The third-order valence-corrected chi connectivity index (χ3v) is 4.37. The Morgan fingerprint density at radius 1 is 1.26 bits per heavy atom. The Kier molecular flexibility index (Phi) is 4.08. The molecule has 19 heavy (non-hydrogen) atoms. The van der Waals surface area contributed by atoms with Crippen molar-refractivity contribution in [2.45, 2.75) is 63.2 Å². The molecule has 0 bridgehead atoms. The summed E-state index contributed by atoms with van der Waals surface area (Å²) < 4.78 is 38.8. The van der Waals surface area contributed by atoms with E-state index in [4.69, 9.17) is 0 Å². The van der Waals surface area contributed by atoms with Gasteiger partial charge in [0.15, 0.2) is 0 Å². The van der Waals surface area contributed by atoms with Gasteiger partial charge >= 0.3 is 6.18 Å². The summed E-state index contributed by atoms with van der Waals surface area (Å²) in [7, 11) is 0. The summed E-state index contributed by atoms with van der Waals surface area (Å²) in [6.07, 6.45) is -0.764. The molecule has 2 aliphatic rings. The number of amides is 1. The van der Waals surface area contributed by atoms with Crippen molar-refractivity contribution < 1.29 is 18.0 Å². The van der Waals surface area contributed by atoms with Gasteiger partial charge in [-0.2, -0.15) is 13.2 Å². The van der Waals surface area contributed by atoms with E-state index in [1.165, 1.54) is 0 Å². The second-order valence-corrected chi connectivity index (χ2v) is 5.87. The Hall–Kier alpha value is -0.780.